The second-order valence-corrected chi connectivity index (χ2v) is 6.62. The summed E-state index contributed by atoms with van der Waals surface area (Å²) >= 11 is 0. The molecule has 112 valence electrons. The van der Waals surface area contributed by atoms with Gasteiger partial charge >= 0.3 is 0 Å². The third-order valence-corrected chi connectivity index (χ3v) is 3.22. The first kappa shape index (κ1) is 15.6. The highest BCUT2D eigenvalue weighted by Crippen LogP contribution is 2.26. The van der Waals surface area contributed by atoms with Gasteiger partial charge in [-0.2, -0.15) is 0 Å². The van der Waals surface area contributed by atoms with Gasteiger partial charge in [-0.3, -0.25) is 9.97 Å². The third-order valence-electron chi connectivity index (χ3n) is 3.22. The monoisotopic (exact) mass is 284 g/mol. The van der Waals surface area contributed by atoms with E-state index in [1.807, 2.05) is 48.8 Å². The molecule has 0 amide bonds. The molecule has 0 aliphatic heterocycles. The topological polar surface area (TPSA) is 35.0 Å². The second kappa shape index (κ2) is 6.35. The van der Waals surface area contributed by atoms with E-state index >= 15 is 0 Å². The normalized spacial score (nSPS) is 12.4. The van der Waals surface area contributed by atoms with Crippen molar-refractivity contribution in [2.45, 2.75) is 51.7 Å². The second-order valence-electron chi connectivity index (χ2n) is 6.62. The van der Waals surface area contributed by atoms with Crippen molar-refractivity contribution in [1.29, 1.82) is 0 Å². The predicted molar refractivity (Wildman–Crippen MR) is 85.1 cm³/mol. The quantitative estimate of drug-likeness (QED) is 0.808. The van der Waals surface area contributed by atoms with Gasteiger partial charge in [0, 0.05) is 36.6 Å². The van der Waals surface area contributed by atoms with Crippen molar-refractivity contribution in [3.8, 4) is 0 Å². The van der Waals surface area contributed by atoms with Gasteiger partial charge in [-0.1, -0.05) is 12.1 Å². The number of pyridine rings is 2. The maximum atomic E-state index is 6.35. The first-order valence-electron chi connectivity index (χ1n) is 7.36. The summed E-state index contributed by atoms with van der Waals surface area (Å²) in [6.45, 7) is 8.45. The fraction of sp³-hybridized carbons (Fsp3) is 0.444. The van der Waals surface area contributed by atoms with Crippen LogP contribution in [-0.4, -0.2) is 21.2 Å². The zero-order valence-corrected chi connectivity index (χ0v) is 13.3. The minimum Gasteiger partial charge on any atom is -0.369 e. The Hall–Kier alpha value is -1.74. The molecule has 2 rings (SSSR count). The highest BCUT2D eigenvalue weighted by molar-refractivity contribution is 5.08. The predicted octanol–water partition coefficient (Wildman–Crippen LogP) is 3.84. The Balaban J connectivity index is 2.01. The van der Waals surface area contributed by atoms with Crippen molar-refractivity contribution in [2.75, 3.05) is 0 Å². The van der Waals surface area contributed by atoms with Gasteiger partial charge in [0.2, 0.25) is 0 Å². The van der Waals surface area contributed by atoms with Crippen LogP contribution in [0.4, 0.5) is 0 Å². The molecule has 2 heterocycles. The molecule has 0 bridgehead atoms. The van der Waals surface area contributed by atoms with E-state index in [0.717, 1.165) is 24.2 Å². The molecule has 0 spiro atoms. The van der Waals surface area contributed by atoms with E-state index in [0.29, 0.717) is 0 Å². The van der Waals surface area contributed by atoms with E-state index in [1.54, 1.807) is 0 Å². The highest BCUT2D eigenvalue weighted by Gasteiger charge is 2.30. The summed E-state index contributed by atoms with van der Waals surface area (Å²) in [5.74, 6) is 0. The van der Waals surface area contributed by atoms with E-state index in [-0.39, 0.29) is 11.2 Å². The van der Waals surface area contributed by atoms with Crippen LogP contribution in [0, 0.1) is 0 Å². The van der Waals surface area contributed by atoms with Crippen LogP contribution in [0.5, 0.6) is 0 Å². The van der Waals surface area contributed by atoms with Crippen molar-refractivity contribution in [2.24, 2.45) is 0 Å². The Bertz CT molecular complexity index is 498. The Labute approximate surface area is 127 Å². The maximum Gasteiger partial charge on any atom is 0.0689 e. The molecule has 3 nitrogen and oxygen atoms in total. The molecule has 0 saturated carbocycles. The van der Waals surface area contributed by atoms with Crippen LogP contribution in [0.1, 0.15) is 39.1 Å². The van der Waals surface area contributed by atoms with E-state index < -0.39 is 0 Å². The average molecular weight is 284 g/mol. The number of ether oxygens (including phenoxy) is 1. The lowest BCUT2D eigenvalue weighted by Gasteiger charge is -2.36. The molecular formula is C18H24N2O. The Morgan fingerprint density at radius 2 is 1.19 bits per heavy atom. The zero-order valence-electron chi connectivity index (χ0n) is 13.3. The minimum atomic E-state index is -0.271. The highest BCUT2D eigenvalue weighted by atomic mass is 16.5. The third kappa shape index (κ3) is 5.27. The summed E-state index contributed by atoms with van der Waals surface area (Å²) in [5, 5.41) is 0. The molecule has 0 fully saturated rings. The average Bonchev–Trinajstić information content (AvgIpc) is 2.38. The van der Waals surface area contributed by atoms with Crippen molar-refractivity contribution in [3.63, 3.8) is 0 Å². The zero-order chi connectivity index (χ0) is 15.3. The molecule has 0 saturated heterocycles. The van der Waals surface area contributed by atoms with Gasteiger partial charge in [0.15, 0.2) is 0 Å². The summed E-state index contributed by atoms with van der Waals surface area (Å²) in [4.78, 5) is 8.77. The number of rotatable bonds is 6. The van der Waals surface area contributed by atoms with Crippen LogP contribution in [0.15, 0.2) is 48.8 Å². The van der Waals surface area contributed by atoms with Gasteiger partial charge in [-0.15, -0.1) is 0 Å². The lowest BCUT2D eigenvalue weighted by Crippen LogP contribution is -2.40. The van der Waals surface area contributed by atoms with Crippen LogP contribution >= 0.6 is 0 Å². The molecule has 21 heavy (non-hydrogen) atoms. The number of nitrogens with zero attached hydrogens (tertiary/aromatic N) is 2. The van der Waals surface area contributed by atoms with Crippen LogP contribution in [0.2, 0.25) is 0 Å². The van der Waals surface area contributed by atoms with Gasteiger partial charge in [0.25, 0.3) is 0 Å². The van der Waals surface area contributed by atoms with Gasteiger partial charge in [-0.05, 0) is 52.0 Å². The van der Waals surface area contributed by atoms with Crippen LogP contribution < -0.4 is 0 Å². The molecule has 0 N–H and O–H groups in total. The molecule has 2 aromatic heterocycles. The summed E-state index contributed by atoms with van der Waals surface area (Å²) in [6, 6.07) is 12.0. The molecule has 0 aliphatic carbocycles. The first-order valence-corrected chi connectivity index (χ1v) is 7.36. The Kier molecular flexibility index (Phi) is 4.73. The fourth-order valence-electron chi connectivity index (χ4n) is 2.70. The van der Waals surface area contributed by atoms with Crippen molar-refractivity contribution in [1.82, 2.24) is 9.97 Å². The number of hydrogen-bond donors (Lipinski definition) is 0. The lowest BCUT2D eigenvalue weighted by atomic mass is 9.97. The molecular weight excluding hydrogens is 260 g/mol. The maximum absolute atomic E-state index is 6.35. The number of hydrogen-bond acceptors (Lipinski definition) is 3. The van der Waals surface area contributed by atoms with Crippen LogP contribution in [0.3, 0.4) is 0 Å². The summed E-state index contributed by atoms with van der Waals surface area (Å²) in [6.07, 6.45) is 5.23. The standard InChI is InChI=1S/C18H24N2O/c1-17(2,13-15-9-5-7-11-19-15)21-18(3,4)14-16-10-6-8-12-20-16/h5-12H,13-14H2,1-4H3. The van der Waals surface area contributed by atoms with E-state index in [2.05, 4.69) is 37.7 Å². The van der Waals surface area contributed by atoms with Crippen molar-refractivity contribution in [3.05, 3.63) is 60.2 Å². The van der Waals surface area contributed by atoms with Crippen molar-refractivity contribution < 1.29 is 4.74 Å². The molecule has 0 aromatic carbocycles. The molecule has 0 aliphatic rings. The smallest absolute Gasteiger partial charge is 0.0689 e. The van der Waals surface area contributed by atoms with E-state index in [1.165, 1.54) is 0 Å². The minimum absolute atomic E-state index is 0.271. The summed E-state index contributed by atoms with van der Waals surface area (Å²) in [5.41, 5.74) is 1.56. The Morgan fingerprint density at radius 1 is 0.762 bits per heavy atom. The van der Waals surface area contributed by atoms with Crippen LogP contribution in [0.25, 0.3) is 0 Å². The fourth-order valence-corrected chi connectivity index (χ4v) is 2.70. The van der Waals surface area contributed by atoms with Gasteiger partial charge < -0.3 is 4.74 Å². The van der Waals surface area contributed by atoms with Crippen molar-refractivity contribution >= 4 is 0 Å². The SMILES string of the molecule is CC(C)(Cc1ccccn1)OC(C)(C)Cc1ccccn1. The van der Waals surface area contributed by atoms with E-state index in [9.17, 15) is 0 Å². The molecule has 3 heteroatoms. The molecule has 0 unspecified atom stereocenters. The molecule has 0 atom stereocenters. The van der Waals surface area contributed by atoms with Gasteiger partial charge in [0.05, 0.1) is 11.2 Å². The summed E-state index contributed by atoms with van der Waals surface area (Å²) < 4.78 is 6.35. The Morgan fingerprint density at radius 3 is 1.52 bits per heavy atom. The largest absolute Gasteiger partial charge is 0.369 e. The summed E-state index contributed by atoms with van der Waals surface area (Å²) in [7, 11) is 0. The number of aromatic nitrogens is 2. The van der Waals surface area contributed by atoms with Gasteiger partial charge in [-0.25, -0.2) is 0 Å². The molecule has 0 radical (unpaired) electrons. The first-order chi connectivity index (χ1) is 9.86. The van der Waals surface area contributed by atoms with Gasteiger partial charge in [0.1, 0.15) is 0 Å². The van der Waals surface area contributed by atoms with E-state index in [4.69, 9.17) is 4.74 Å². The lowest BCUT2D eigenvalue weighted by molar-refractivity contribution is -0.121. The van der Waals surface area contributed by atoms with Crippen LogP contribution in [-0.2, 0) is 17.6 Å². The molecule has 2 aromatic rings.